The third-order valence-corrected chi connectivity index (χ3v) is 3.39. The number of aromatic nitrogens is 1. The zero-order valence-electron chi connectivity index (χ0n) is 12.7. The lowest BCUT2D eigenvalue weighted by Crippen LogP contribution is -1.96. The lowest BCUT2D eigenvalue weighted by molar-refractivity contribution is 0.331. The number of para-hydroxylation sites is 2. The van der Waals surface area contributed by atoms with E-state index in [1.54, 1.807) is 13.3 Å². The van der Waals surface area contributed by atoms with Gasteiger partial charge in [0.25, 0.3) is 0 Å². The fraction of sp³-hybridized carbons (Fsp3) is 0.167. The average Bonchev–Trinajstić information content (AvgIpc) is 2.56. The van der Waals surface area contributed by atoms with Gasteiger partial charge in [0.2, 0.25) is 5.88 Å². The second-order valence-corrected chi connectivity index (χ2v) is 4.81. The van der Waals surface area contributed by atoms with Gasteiger partial charge in [-0.25, -0.2) is 4.98 Å². The Bertz CT molecular complexity index is 787. The van der Waals surface area contributed by atoms with Crippen molar-refractivity contribution in [2.45, 2.75) is 6.92 Å². The van der Waals surface area contributed by atoms with Gasteiger partial charge in [-0.2, -0.15) is 0 Å². The molecular formula is C18H18N2O2. The minimum atomic E-state index is 0.604. The van der Waals surface area contributed by atoms with Crippen LogP contribution in [0.1, 0.15) is 6.92 Å². The summed E-state index contributed by atoms with van der Waals surface area (Å²) in [4.78, 5) is 4.28. The van der Waals surface area contributed by atoms with E-state index in [0.29, 0.717) is 12.5 Å². The SMILES string of the molecule is CCOc1nccc2cc(Nc3ccccc3OC)ccc12. The summed E-state index contributed by atoms with van der Waals surface area (Å²) in [6.45, 7) is 2.56. The summed E-state index contributed by atoms with van der Waals surface area (Å²) >= 11 is 0. The highest BCUT2D eigenvalue weighted by atomic mass is 16.5. The minimum absolute atomic E-state index is 0.604. The van der Waals surface area contributed by atoms with Crippen LogP contribution in [0.25, 0.3) is 10.8 Å². The van der Waals surface area contributed by atoms with Crippen LogP contribution in [0.4, 0.5) is 11.4 Å². The van der Waals surface area contributed by atoms with E-state index in [1.807, 2.05) is 49.4 Å². The molecule has 1 heterocycles. The molecule has 2 aromatic carbocycles. The standard InChI is InChI=1S/C18H18N2O2/c1-3-22-18-15-9-8-14(12-13(15)10-11-19-18)20-16-6-4-5-7-17(16)21-2/h4-12,20H,3H2,1-2H3. The Hall–Kier alpha value is -2.75. The molecule has 22 heavy (non-hydrogen) atoms. The van der Waals surface area contributed by atoms with Crippen LogP contribution in [0.3, 0.4) is 0 Å². The van der Waals surface area contributed by atoms with Crippen molar-refractivity contribution < 1.29 is 9.47 Å². The van der Waals surface area contributed by atoms with E-state index >= 15 is 0 Å². The molecule has 0 fully saturated rings. The Balaban J connectivity index is 1.95. The van der Waals surface area contributed by atoms with Gasteiger partial charge in [-0.05, 0) is 48.7 Å². The minimum Gasteiger partial charge on any atom is -0.495 e. The van der Waals surface area contributed by atoms with E-state index in [9.17, 15) is 0 Å². The molecule has 0 unspecified atom stereocenters. The van der Waals surface area contributed by atoms with Gasteiger partial charge in [0.15, 0.2) is 0 Å². The molecule has 0 aliphatic rings. The molecule has 0 aliphatic heterocycles. The largest absolute Gasteiger partial charge is 0.495 e. The van der Waals surface area contributed by atoms with Crippen LogP contribution < -0.4 is 14.8 Å². The fourth-order valence-corrected chi connectivity index (χ4v) is 2.38. The monoisotopic (exact) mass is 294 g/mol. The van der Waals surface area contributed by atoms with E-state index in [0.717, 1.165) is 27.9 Å². The molecule has 0 spiro atoms. The van der Waals surface area contributed by atoms with Crippen LogP contribution >= 0.6 is 0 Å². The number of pyridine rings is 1. The van der Waals surface area contributed by atoms with Gasteiger partial charge in [-0.15, -0.1) is 0 Å². The summed E-state index contributed by atoms with van der Waals surface area (Å²) in [7, 11) is 1.67. The molecule has 0 saturated carbocycles. The van der Waals surface area contributed by atoms with Crippen LogP contribution in [0, 0.1) is 0 Å². The molecule has 0 bridgehead atoms. The fourth-order valence-electron chi connectivity index (χ4n) is 2.38. The summed E-state index contributed by atoms with van der Waals surface area (Å²) in [5, 5.41) is 5.47. The maximum atomic E-state index is 5.56. The molecule has 112 valence electrons. The van der Waals surface area contributed by atoms with E-state index in [4.69, 9.17) is 9.47 Å². The highest BCUT2D eigenvalue weighted by Crippen LogP contribution is 2.30. The molecule has 0 radical (unpaired) electrons. The molecule has 0 aliphatic carbocycles. The second-order valence-electron chi connectivity index (χ2n) is 4.81. The quantitative estimate of drug-likeness (QED) is 0.758. The van der Waals surface area contributed by atoms with Gasteiger partial charge < -0.3 is 14.8 Å². The van der Waals surface area contributed by atoms with Crippen LogP contribution in [0.5, 0.6) is 11.6 Å². The lowest BCUT2D eigenvalue weighted by atomic mass is 10.1. The molecule has 3 rings (SSSR count). The van der Waals surface area contributed by atoms with Crippen molar-refractivity contribution >= 4 is 22.1 Å². The summed E-state index contributed by atoms with van der Waals surface area (Å²) in [6.07, 6.45) is 1.76. The topological polar surface area (TPSA) is 43.4 Å². The zero-order valence-corrected chi connectivity index (χ0v) is 12.7. The number of fused-ring (bicyclic) bond motifs is 1. The normalized spacial score (nSPS) is 10.5. The molecule has 0 amide bonds. The van der Waals surface area contributed by atoms with E-state index in [2.05, 4.69) is 16.4 Å². The highest BCUT2D eigenvalue weighted by molar-refractivity contribution is 5.90. The second kappa shape index (κ2) is 6.35. The molecule has 4 nitrogen and oxygen atoms in total. The van der Waals surface area contributed by atoms with Crippen LogP contribution in [0.2, 0.25) is 0 Å². The summed E-state index contributed by atoms with van der Waals surface area (Å²) < 4.78 is 10.9. The van der Waals surface area contributed by atoms with Gasteiger partial charge >= 0.3 is 0 Å². The van der Waals surface area contributed by atoms with Crippen molar-refractivity contribution in [2.24, 2.45) is 0 Å². The molecule has 0 atom stereocenters. The molecule has 4 heteroatoms. The van der Waals surface area contributed by atoms with Crippen molar-refractivity contribution in [1.82, 2.24) is 4.98 Å². The van der Waals surface area contributed by atoms with E-state index < -0.39 is 0 Å². The van der Waals surface area contributed by atoms with Gasteiger partial charge in [0, 0.05) is 17.3 Å². The van der Waals surface area contributed by atoms with Crippen molar-refractivity contribution in [3.05, 3.63) is 54.7 Å². The van der Waals surface area contributed by atoms with Crippen LogP contribution in [-0.2, 0) is 0 Å². The van der Waals surface area contributed by atoms with Gasteiger partial charge in [0.05, 0.1) is 19.4 Å². The van der Waals surface area contributed by atoms with Crippen LogP contribution in [-0.4, -0.2) is 18.7 Å². The molecule has 1 N–H and O–H groups in total. The van der Waals surface area contributed by atoms with Gasteiger partial charge in [-0.1, -0.05) is 12.1 Å². The first-order valence-electron chi connectivity index (χ1n) is 7.23. The Labute approximate surface area is 129 Å². The summed E-state index contributed by atoms with van der Waals surface area (Å²) in [6, 6.07) is 15.9. The predicted molar refractivity (Wildman–Crippen MR) is 89.2 cm³/mol. The third-order valence-electron chi connectivity index (χ3n) is 3.39. The predicted octanol–water partition coefficient (Wildman–Crippen LogP) is 4.39. The van der Waals surface area contributed by atoms with Crippen LogP contribution in [0.15, 0.2) is 54.7 Å². The zero-order chi connectivity index (χ0) is 15.4. The van der Waals surface area contributed by atoms with Gasteiger partial charge in [0.1, 0.15) is 5.75 Å². The number of anilines is 2. The number of nitrogens with zero attached hydrogens (tertiary/aromatic N) is 1. The summed E-state index contributed by atoms with van der Waals surface area (Å²) in [5.41, 5.74) is 1.93. The van der Waals surface area contributed by atoms with Crippen molar-refractivity contribution in [3.8, 4) is 11.6 Å². The first-order chi connectivity index (χ1) is 10.8. The number of hydrogen-bond donors (Lipinski definition) is 1. The maximum absolute atomic E-state index is 5.56. The average molecular weight is 294 g/mol. The van der Waals surface area contributed by atoms with Crippen molar-refractivity contribution in [1.29, 1.82) is 0 Å². The smallest absolute Gasteiger partial charge is 0.221 e. The first kappa shape index (κ1) is 14.2. The number of rotatable bonds is 5. The molecule has 3 aromatic rings. The lowest BCUT2D eigenvalue weighted by Gasteiger charge is -2.12. The number of benzene rings is 2. The first-order valence-corrected chi connectivity index (χ1v) is 7.23. The molecule has 0 saturated heterocycles. The number of nitrogens with one attached hydrogen (secondary N) is 1. The van der Waals surface area contributed by atoms with Gasteiger partial charge in [-0.3, -0.25) is 0 Å². The summed E-state index contributed by atoms with van der Waals surface area (Å²) in [5.74, 6) is 1.48. The number of ether oxygens (including phenoxy) is 2. The Morgan fingerprint density at radius 2 is 1.95 bits per heavy atom. The van der Waals surface area contributed by atoms with E-state index in [-0.39, 0.29) is 0 Å². The Kier molecular flexibility index (Phi) is 4.10. The Morgan fingerprint density at radius 1 is 1.09 bits per heavy atom. The number of hydrogen-bond acceptors (Lipinski definition) is 4. The maximum Gasteiger partial charge on any atom is 0.221 e. The van der Waals surface area contributed by atoms with E-state index in [1.165, 1.54) is 0 Å². The third kappa shape index (κ3) is 2.81. The molecule has 1 aromatic heterocycles. The number of methoxy groups -OCH3 is 1. The molecular weight excluding hydrogens is 276 g/mol. The highest BCUT2D eigenvalue weighted by Gasteiger charge is 2.06. The van der Waals surface area contributed by atoms with Crippen molar-refractivity contribution in [3.63, 3.8) is 0 Å². The van der Waals surface area contributed by atoms with Crippen molar-refractivity contribution in [2.75, 3.05) is 19.0 Å². The Morgan fingerprint density at radius 3 is 2.77 bits per heavy atom.